The lowest BCUT2D eigenvalue weighted by atomic mass is 9.77. The fourth-order valence-electron chi connectivity index (χ4n) is 2.09. The Kier molecular flexibility index (Phi) is 3.67. The second kappa shape index (κ2) is 4.41. The number of methoxy groups -OCH3 is 1. The molecule has 1 heterocycles. The summed E-state index contributed by atoms with van der Waals surface area (Å²) in [6, 6.07) is 0. The normalized spacial score (nSPS) is 43.6. The quantitative estimate of drug-likeness (QED) is 0.655. The molecule has 14 heavy (non-hydrogen) atoms. The zero-order valence-electron chi connectivity index (χ0n) is 9.13. The highest BCUT2D eigenvalue weighted by Gasteiger charge is 2.46. The number of hydrogen-bond acceptors (Lipinski definition) is 2. The lowest BCUT2D eigenvalue weighted by molar-refractivity contribution is -0.228. The molecule has 0 bridgehead atoms. The van der Waals surface area contributed by atoms with Crippen molar-refractivity contribution in [1.29, 1.82) is 0 Å². The molecule has 0 saturated carbocycles. The fourth-order valence-corrected chi connectivity index (χ4v) is 2.09. The highest BCUT2D eigenvalue weighted by atomic mass is 19.1. The Morgan fingerprint density at radius 1 is 1.71 bits per heavy atom. The summed E-state index contributed by atoms with van der Waals surface area (Å²) in [6.07, 6.45) is 1.92. The number of halogens is 1. The maximum absolute atomic E-state index is 14.1. The summed E-state index contributed by atoms with van der Waals surface area (Å²) in [6.45, 7) is 7.49. The summed E-state index contributed by atoms with van der Waals surface area (Å²) in [5, 5.41) is 0. The van der Waals surface area contributed by atoms with Gasteiger partial charge in [0.25, 0.3) is 0 Å². The number of ether oxygens (including phenoxy) is 2. The first kappa shape index (κ1) is 11.7. The molecule has 1 aliphatic rings. The second-order valence-corrected chi connectivity index (χ2v) is 3.91. The van der Waals surface area contributed by atoms with Crippen molar-refractivity contribution in [3.05, 3.63) is 12.7 Å². The van der Waals surface area contributed by atoms with E-state index < -0.39 is 5.67 Å². The van der Waals surface area contributed by atoms with Crippen molar-refractivity contribution >= 4 is 0 Å². The third-order valence-electron chi connectivity index (χ3n) is 3.26. The zero-order valence-corrected chi connectivity index (χ0v) is 9.13. The molecule has 4 atom stereocenters. The molecular weight excluding hydrogens is 183 g/mol. The van der Waals surface area contributed by atoms with Gasteiger partial charge in [-0.2, -0.15) is 0 Å². The molecule has 0 aromatic rings. The predicted molar refractivity (Wildman–Crippen MR) is 53.7 cm³/mol. The van der Waals surface area contributed by atoms with Crippen LogP contribution in [0.1, 0.15) is 20.3 Å². The molecule has 0 aromatic heterocycles. The van der Waals surface area contributed by atoms with Gasteiger partial charge in [-0.3, -0.25) is 0 Å². The summed E-state index contributed by atoms with van der Waals surface area (Å²) in [5.74, 6) is -0.0135. The number of alkyl halides is 1. The Balaban J connectivity index is 2.81. The van der Waals surface area contributed by atoms with Gasteiger partial charge in [0, 0.05) is 18.9 Å². The molecule has 0 N–H and O–H groups in total. The summed E-state index contributed by atoms with van der Waals surface area (Å²) in [5.41, 5.74) is -1.41. The number of hydrogen-bond donors (Lipinski definition) is 0. The van der Waals surface area contributed by atoms with Crippen molar-refractivity contribution in [3.63, 3.8) is 0 Å². The third-order valence-corrected chi connectivity index (χ3v) is 3.26. The molecule has 4 unspecified atom stereocenters. The van der Waals surface area contributed by atoms with Crippen molar-refractivity contribution < 1.29 is 13.9 Å². The Bertz CT molecular complexity index is 207. The Hall–Kier alpha value is -0.410. The van der Waals surface area contributed by atoms with E-state index in [-0.39, 0.29) is 24.7 Å². The van der Waals surface area contributed by atoms with Crippen LogP contribution in [-0.2, 0) is 9.47 Å². The molecule has 1 saturated heterocycles. The Morgan fingerprint density at radius 2 is 2.36 bits per heavy atom. The lowest BCUT2D eigenvalue weighted by Crippen LogP contribution is -2.50. The van der Waals surface area contributed by atoms with Crippen LogP contribution in [0.15, 0.2) is 12.7 Å². The first-order valence-electron chi connectivity index (χ1n) is 5.06. The van der Waals surface area contributed by atoms with Crippen LogP contribution < -0.4 is 0 Å². The van der Waals surface area contributed by atoms with Crippen molar-refractivity contribution in [3.8, 4) is 0 Å². The highest BCUT2D eigenvalue weighted by molar-refractivity contribution is 5.04. The average molecular weight is 202 g/mol. The number of rotatable bonds is 3. The minimum absolute atomic E-state index is 0.0483. The van der Waals surface area contributed by atoms with E-state index in [0.29, 0.717) is 0 Å². The third kappa shape index (κ3) is 1.84. The smallest absolute Gasteiger partial charge is 0.160 e. The predicted octanol–water partition coefficient (Wildman–Crippen LogP) is 2.55. The maximum atomic E-state index is 14.1. The zero-order chi connectivity index (χ0) is 10.8. The molecule has 1 aliphatic heterocycles. The largest absolute Gasteiger partial charge is 0.356 e. The minimum atomic E-state index is -1.41. The molecule has 0 spiro atoms. The monoisotopic (exact) mass is 202 g/mol. The van der Waals surface area contributed by atoms with Gasteiger partial charge >= 0.3 is 0 Å². The molecule has 3 heteroatoms. The van der Waals surface area contributed by atoms with Crippen LogP contribution in [0.25, 0.3) is 0 Å². The molecule has 1 fully saturated rings. The van der Waals surface area contributed by atoms with Crippen LogP contribution in [0, 0.1) is 11.8 Å². The van der Waals surface area contributed by atoms with Crippen LogP contribution in [0.4, 0.5) is 4.39 Å². The van der Waals surface area contributed by atoms with E-state index in [2.05, 4.69) is 6.58 Å². The van der Waals surface area contributed by atoms with Gasteiger partial charge in [-0.1, -0.05) is 26.5 Å². The van der Waals surface area contributed by atoms with Crippen LogP contribution in [0.3, 0.4) is 0 Å². The maximum Gasteiger partial charge on any atom is 0.160 e. The van der Waals surface area contributed by atoms with Crippen LogP contribution in [-0.4, -0.2) is 25.7 Å². The molecule has 82 valence electrons. The molecule has 0 aliphatic carbocycles. The molecule has 0 aromatic carbocycles. The van der Waals surface area contributed by atoms with Gasteiger partial charge in [0.15, 0.2) is 12.0 Å². The second-order valence-electron chi connectivity index (χ2n) is 3.91. The van der Waals surface area contributed by atoms with Crippen LogP contribution >= 0.6 is 0 Å². The van der Waals surface area contributed by atoms with Crippen molar-refractivity contribution in [2.75, 3.05) is 13.7 Å². The van der Waals surface area contributed by atoms with Gasteiger partial charge in [-0.15, -0.1) is 0 Å². The molecule has 0 amide bonds. The van der Waals surface area contributed by atoms with E-state index in [1.54, 1.807) is 7.11 Å². The lowest BCUT2D eigenvalue weighted by Gasteiger charge is -2.42. The minimum Gasteiger partial charge on any atom is -0.356 e. The van der Waals surface area contributed by atoms with Crippen molar-refractivity contribution in [1.82, 2.24) is 0 Å². The molecule has 0 radical (unpaired) electrons. The summed E-state index contributed by atoms with van der Waals surface area (Å²) >= 11 is 0. The van der Waals surface area contributed by atoms with E-state index in [0.717, 1.165) is 6.42 Å². The first-order valence-corrected chi connectivity index (χ1v) is 5.06. The SMILES string of the molecule is C=CC1(F)COC(OC)C(CC)C1C. The topological polar surface area (TPSA) is 18.5 Å². The molecular formula is C11H19FO2. The average Bonchev–Trinajstić information content (AvgIpc) is 2.22. The van der Waals surface area contributed by atoms with Crippen molar-refractivity contribution in [2.24, 2.45) is 11.8 Å². The summed E-state index contributed by atoms with van der Waals surface area (Å²) in [4.78, 5) is 0. The van der Waals surface area contributed by atoms with Gasteiger partial charge in [0.1, 0.15) is 0 Å². The van der Waals surface area contributed by atoms with Gasteiger partial charge in [-0.25, -0.2) is 4.39 Å². The first-order chi connectivity index (χ1) is 6.59. The van der Waals surface area contributed by atoms with Crippen LogP contribution in [0.2, 0.25) is 0 Å². The van der Waals surface area contributed by atoms with E-state index >= 15 is 0 Å². The fraction of sp³-hybridized carbons (Fsp3) is 0.818. The molecule has 1 rings (SSSR count). The van der Waals surface area contributed by atoms with Gasteiger partial charge in [0.2, 0.25) is 0 Å². The Labute approximate surface area is 85.1 Å². The Morgan fingerprint density at radius 3 is 2.79 bits per heavy atom. The van der Waals surface area contributed by atoms with E-state index in [9.17, 15) is 4.39 Å². The van der Waals surface area contributed by atoms with Gasteiger partial charge in [0.05, 0.1) is 6.61 Å². The summed E-state index contributed by atoms with van der Waals surface area (Å²) in [7, 11) is 1.60. The molecule has 2 nitrogen and oxygen atoms in total. The highest BCUT2D eigenvalue weighted by Crippen LogP contribution is 2.39. The van der Waals surface area contributed by atoms with Gasteiger partial charge < -0.3 is 9.47 Å². The van der Waals surface area contributed by atoms with E-state index in [4.69, 9.17) is 9.47 Å². The summed E-state index contributed by atoms with van der Waals surface area (Å²) < 4.78 is 24.7. The standard InChI is InChI=1S/C11H19FO2/c1-5-9-8(3)11(12,6-2)7-14-10(9)13-4/h6,8-10H,2,5,7H2,1,3-4H3. The van der Waals surface area contributed by atoms with Crippen molar-refractivity contribution in [2.45, 2.75) is 32.2 Å². The van der Waals surface area contributed by atoms with E-state index in [1.807, 2.05) is 13.8 Å². The van der Waals surface area contributed by atoms with Crippen LogP contribution in [0.5, 0.6) is 0 Å². The van der Waals surface area contributed by atoms with Gasteiger partial charge in [-0.05, 0) is 6.42 Å². The van der Waals surface area contributed by atoms with E-state index in [1.165, 1.54) is 6.08 Å².